The molecule has 172 valence electrons. The number of hydrogen-bond donors (Lipinski definition) is 2. The van der Waals surface area contributed by atoms with Crippen molar-refractivity contribution < 1.29 is 14.2 Å². The van der Waals surface area contributed by atoms with Gasteiger partial charge in [-0.05, 0) is 44.2 Å². The van der Waals surface area contributed by atoms with E-state index >= 15 is 0 Å². The van der Waals surface area contributed by atoms with Crippen LogP contribution in [-0.2, 0) is 16.0 Å². The van der Waals surface area contributed by atoms with Gasteiger partial charge in [0.25, 0.3) is 0 Å². The Morgan fingerprint density at radius 2 is 2.10 bits per heavy atom. The highest BCUT2D eigenvalue weighted by atomic mass is 127. The highest BCUT2D eigenvalue weighted by Crippen LogP contribution is 2.23. The second kappa shape index (κ2) is 15.7. The molecule has 7 heteroatoms. The first-order valence-corrected chi connectivity index (χ1v) is 11.0. The van der Waals surface area contributed by atoms with Crippen LogP contribution in [0.3, 0.4) is 0 Å². The van der Waals surface area contributed by atoms with Crippen LogP contribution >= 0.6 is 24.0 Å². The second-order valence-corrected chi connectivity index (χ2v) is 8.07. The van der Waals surface area contributed by atoms with Crippen molar-refractivity contribution in [3.8, 4) is 5.75 Å². The molecule has 0 amide bonds. The van der Waals surface area contributed by atoms with Crippen LogP contribution in [0.5, 0.6) is 5.75 Å². The van der Waals surface area contributed by atoms with Crippen LogP contribution in [-0.4, -0.2) is 52.1 Å². The summed E-state index contributed by atoms with van der Waals surface area (Å²) in [4.78, 5) is 4.73. The van der Waals surface area contributed by atoms with E-state index in [-0.39, 0.29) is 24.0 Å². The maximum Gasteiger partial charge on any atom is 0.191 e. The zero-order chi connectivity index (χ0) is 20.9. The van der Waals surface area contributed by atoms with Crippen molar-refractivity contribution in [1.29, 1.82) is 0 Å². The van der Waals surface area contributed by atoms with Gasteiger partial charge in [-0.3, -0.25) is 0 Å². The number of benzene rings is 1. The number of halogens is 1. The van der Waals surface area contributed by atoms with E-state index in [9.17, 15) is 0 Å². The minimum absolute atomic E-state index is 0. The van der Waals surface area contributed by atoms with E-state index in [1.54, 1.807) is 0 Å². The SMILES string of the molecule is CCNC(=NCc1ccc(C)cc1OCC1CCOC1)NCCOCCC(C)C.I. The molecule has 1 aromatic rings. The molecule has 1 unspecified atom stereocenters. The van der Waals surface area contributed by atoms with Crippen molar-refractivity contribution in [2.75, 3.05) is 46.1 Å². The highest BCUT2D eigenvalue weighted by Gasteiger charge is 2.17. The quantitative estimate of drug-likeness (QED) is 0.183. The van der Waals surface area contributed by atoms with E-state index < -0.39 is 0 Å². The zero-order valence-electron chi connectivity index (χ0n) is 19.0. The Balaban J connectivity index is 0.00000450. The van der Waals surface area contributed by atoms with E-state index in [1.165, 1.54) is 5.56 Å². The summed E-state index contributed by atoms with van der Waals surface area (Å²) in [6.45, 7) is 14.5. The summed E-state index contributed by atoms with van der Waals surface area (Å²) < 4.78 is 17.3. The number of hydrogen-bond acceptors (Lipinski definition) is 4. The molecule has 0 aliphatic carbocycles. The summed E-state index contributed by atoms with van der Waals surface area (Å²) in [6.07, 6.45) is 2.17. The van der Waals surface area contributed by atoms with Gasteiger partial charge in [0.15, 0.2) is 5.96 Å². The lowest BCUT2D eigenvalue weighted by atomic mass is 10.1. The molecule has 1 aromatic carbocycles. The molecule has 6 nitrogen and oxygen atoms in total. The van der Waals surface area contributed by atoms with Crippen molar-refractivity contribution >= 4 is 29.9 Å². The molecule has 0 radical (unpaired) electrons. The van der Waals surface area contributed by atoms with Crippen LogP contribution in [0.15, 0.2) is 23.2 Å². The lowest BCUT2D eigenvalue weighted by molar-refractivity contribution is 0.128. The Morgan fingerprint density at radius 1 is 1.27 bits per heavy atom. The van der Waals surface area contributed by atoms with Crippen LogP contribution in [0.25, 0.3) is 0 Å². The molecule has 0 spiro atoms. The van der Waals surface area contributed by atoms with Crippen LogP contribution in [0.1, 0.15) is 44.7 Å². The Labute approximate surface area is 199 Å². The van der Waals surface area contributed by atoms with Gasteiger partial charge in [-0.15, -0.1) is 24.0 Å². The summed E-state index contributed by atoms with van der Waals surface area (Å²) in [7, 11) is 0. The Bertz CT molecular complexity index is 620. The van der Waals surface area contributed by atoms with Crippen molar-refractivity contribution in [3.05, 3.63) is 29.3 Å². The van der Waals surface area contributed by atoms with Crippen molar-refractivity contribution in [2.45, 2.75) is 47.1 Å². The molecular weight excluding hydrogens is 493 g/mol. The normalized spacial score (nSPS) is 16.4. The van der Waals surface area contributed by atoms with Crippen molar-refractivity contribution in [1.82, 2.24) is 10.6 Å². The van der Waals surface area contributed by atoms with E-state index in [0.717, 1.165) is 63.0 Å². The van der Waals surface area contributed by atoms with Crippen molar-refractivity contribution in [2.24, 2.45) is 16.8 Å². The van der Waals surface area contributed by atoms with Gasteiger partial charge in [0.1, 0.15) is 5.75 Å². The molecule has 1 saturated heterocycles. The lowest BCUT2D eigenvalue weighted by Gasteiger charge is -2.15. The largest absolute Gasteiger partial charge is 0.493 e. The Hall–Kier alpha value is -1.06. The fourth-order valence-corrected chi connectivity index (χ4v) is 3.02. The fourth-order valence-electron chi connectivity index (χ4n) is 3.02. The molecule has 1 heterocycles. The third-order valence-corrected chi connectivity index (χ3v) is 4.85. The number of guanidine groups is 1. The second-order valence-electron chi connectivity index (χ2n) is 8.07. The van der Waals surface area contributed by atoms with Crippen LogP contribution in [0.2, 0.25) is 0 Å². The highest BCUT2D eigenvalue weighted by molar-refractivity contribution is 14.0. The molecule has 0 aromatic heterocycles. The molecule has 2 rings (SSSR count). The van der Waals surface area contributed by atoms with Gasteiger partial charge in [0.05, 0.1) is 26.4 Å². The summed E-state index contributed by atoms with van der Waals surface area (Å²) in [5.74, 6) is 2.89. The fraction of sp³-hybridized carbons (Fsp3) is 0.696. The molecule has 1 atom stereocenters. The Kier molecular flexibility index (Phi) is 14.1. The summed E-state index contributed by atoms with van der Waals surface area (Å²) in [5, 5.41) is 6.64. The maximum absolute atomic E-state index is 6.13. The molecule has 2 N–H and O–H groups in total. The van der Waals surface area contributed by atoms with Crippen LogP contribution in [0.4, 0.5) is 0 Å². The number of aryl methyl sites for hydroxylation is 1. The molecule has 1 aliphatic rings. The first kappa shape index (κ1) is 27.0. The van der Waals surface area contributed by atoms with Gasteiger partial charge in [0, 0.05) is 37.8 Å². The van der Waals surface area contributed by atoms with Gasteiger partial charge >= 0.3 is 0 Å². The van der Waals surface area contributed by atoms with Crippen LogP contribution < -0.4 is 15.4 Å². The standard InChI is InChI=1S/C23H39N3O3.HI/c1-5-24-23(25-10-13-27-11-8-18(2)3)26-15-21-7-6-19(4)14-22(21)29-17-20-9-12-28-16-20;/h6-7,14,18,20H,5,8-13,15-17H2,1-4H3,(H2,24,25,26);1H. The number of rotatable bonds is 12. The molecule has 30 heavy (non-hydrogen) atoms. The third-order valence-electron chi connectivity index (χ3n) is 4.85. The average Bonchev–Trinajstić information content (AvgIpc) is 3.21. The number of aliphatic imine (C=N–C) groups is 1. The van der Waals surface area contributed by atoms with E-state index in [4.69, 9.17) is 19.2 Å². The summed E-state index contributed by atoms with van der Waals surface area (Å²) >= 11 is 0. The van der Waals surface area contributed by atoms with Gasteiger partial charge in [-0.1, -0.05) is 26.0 Å². The zero-order valence-corrected chi connectivity index (χ0v) is 21.4. The summed E-state index contributed by atoms with van der Waals surface area (Å²) in [6, 6.07) is 6.32. The predicted molar refractivity (Wildman–Crippen MR) is 134 cm³/mol. The number of nitrogens with one attached hydrogen (secondary N) is 2. The number of ether oxygens (including phenoxy) is 3. The van der Waals surface area contributed by atoms with Gasteiger partial charge in [0.2, 0.25) is 0 Å². The van der Waals surface area contributed by atoms with E-state index in [0.29, 0.717) is 31.6 Å². The van der Waals surface area contributed by atoms with Crippen LogP contribution in [0, 0.1) is 18.8 Å². The third kappa shape index (κ3) is 10.8. The smallest absolute Gasteiger partial charge is 0.191 e. The minimum Gasteiger partial charge on any atom is -0.493 e. The van der Waals surface area contributed by atoms with Gasteiger partial charge in [-0.25, -0.2) is 4.99 Å². The minimum atomic E-state index is 0. The predicted octanol–water partition coefficient (Wildman–Crippen LogP) is 4.15. The molecule has 1 fully saturated rings. The monoisotopic (exact) mass is 533 g/mol. The summed E-state index contributed by atoms with van der Waals surface area (Å²) in [5.41, 5.74) is 2.29. The topological polar surface area (TPSA) is 64.1 Å². The Morgan fingerprint density at radius 3 is 2.80 bits per heavy atom. The molecule has 1 aliphatic heterocycles. The van der Waals surface area contributed by atoms with Crippen molar-refractivity contribution in [3.63, 3.8) is 0 Å². The average molecular weight is 533 g/mol. The maximum atomic E-state index is 6.13. The van der Waals surface area contributed by atoms with E-state index in [1.807, 2.05) is 0 Å². The molecule has 0 saturated carbocycles. The van der Waals surface area contributed by atoms with Gasteiger partial charge < -0.3 is 24.8 Å². The number of nitrogens with zero attached hydrogens (tertiary/aromatic N) is 1. The first-order valence-electron chi connectivity index (χ1n) is 11.0. The molecular formula is C23H40IN3O3. The first-order chi connectivity index (χ1) is 14.1. The van der Waals surface area contributed by atoms with E-state index in [2.05, 4.69) is 56.5 Å². The van der Waals surface area contributed by atoms with Gasteiger partial charge in [-0.2, -0.15) is 0 Å². The molecule has 0 bridgehead atoms. The lowest BCUT2D eigenvalue weighted by Crippen LogP contribution is -2.39.